The van der Waals surface area contributed by atoms with Gasteiger partial charge in [0.1, 0.15) is 5.76 Å². The molecule has 0 saturated carbocycles. The summed E-state index contributed by atoms with van der Waals surface area (Å²) >= 11 is 4.95. The number of fused-ring (bicyclic) bond motifs is 1. The van der Waals surface area contributed by atoms with E-state index in [-0.39, 0.29) is 0 Å². The third kappa shape index (κ3) is 2.64. The van der Waals surface area contributed by atoms with Crippen molar-refractivity contribution in [2.45, 2.75) is 25.7 Å². The number of hydrogen-bond acceptors (Lipinski definition) is 5. The highest BCUT2D eigenvalue weighted by Crippen LogP contribution is 2.29. The topological polar surface area (TPSA) is 50.4 Å². The van der Waals surface area contributed by atoms with Crippen molar-refractivity contribution < 1.29 is 4.42 Å². The quantitative estimate of drug-likeness (QED) is 0.689. The molecule has 6 heteroatoms. The smallest absolute Gasteiger partial charge is 0.203 e. The van der Waals surface area contributed by atoms with E-state index in [1.807, 2.05) is 12.1 Å². The molecule has 4 nitrogen and oxygen atoms in total. The van der Waals surface area contributed by atoms with Gasteiger partial charge in [-0.15, -0.1) is 11.3 Å². The summed E-state index contributed by atoms with van der Waals surface area (Å²) in [7, 11) is 0. The van der Waals surface area contributed by atoms with E-state index in [0.29, 0.717) is 10.4 Å². The molecular formula is C12H12BrN3OS. The molecule has 0 saturated heterocycles. The number of furan rings is 1. The fourth-order valence-corrected chi connectivity index (χ4v) is 3.27. The van der Waals surface area contributed by atoms with E-state index in [1.54, 1.807) is 17.6 Å². The molecule has 0 amide bonds. The predicted octanol–water partition coefficient (Wildman–Crippen LogP) is 3.82. The minimum absolute atomic E-state index is 0.702. The third-order valence-corrected chi connectivity index (χ3v) is 4.28. The number of nitrogens with zero attached hydrogens (tertiary/aromatic N) is 2. The van der Waals surface area contributed by atoms with Gasteiger partial charge in [-0.1, -0.05) is 0 Å². The fraction of sp³-hybridized carbons (Fsp3) is 0.333. The van der Waals surface area contributed by atoms with Crippen molar-refractivity contribution in [2.75, 3.05) is 5.43 Å². The van der Waals surface area contributed by atoms with Crippen LogP contribution in [0.5, 0.6) is 0 Å². The number of hydrazone groups is 1. The second kappa shape index (κ2) is 5.24. The van der Waals surface area contributed by atoms with E-state index in [4.69, 9.17) is 4.42 Å². The van der Waals surface area contributed by atoms with E-state index in [1.165, 1.54) is 23.4 Å². The maximum absolute atomic E-state index is 5.31. The van der Waals surface area contributed by atoms with Gasteiger partial charge in [-0.05, 0) is 53.7 Å². The zero-order valence-electron chi connectivity index (χ0n) is 9.65. The minimum Gasteiger partial charge on any atom is -0.448 e. The molecule has 0 bridgehead atoms. The number of thiazole rings is 1. The van der Waals surface area contributed by atoms with Crippen LogP contribution in [-0.2, 0) is 12.8 Å². The van der Waals surface area contributed by atoms with Crippen LogP contribution in [0.4, 0.5) is 5.13 Å². The van der Waals surface area contributed by atoms with Crippen molar-refractivity contribution in [3.8, 4) is 0 Å². The van der Waals surface area contributed by atoms with E-state index in [0.717, 1.165) is 18.0 Å². The first-order valence-corrected chi connectivity index (χ1v) is 7.45. The van der Waals surface area contributed by atoms with Crippen LogP contribution in [0, 0.1) is 0 Å². The number of rotatable bonds is 3. The maximum atomic E-state index is 5.31. The van der Waals surface area contributed by atoms with E-state index >= 15 is 0 Å². The number of aromatic nitrogens is 1. The standard InChI is InChI=1S/C12H12BrN3OS/c13-11-6-5-8(17-11)7-14-16-12-15-9-3-1-2-4-10(9)18-12/h5-7H,1-4H2,(H,15,16)/b14-7-. The van der Waals surface area contributed by atoms with Crippen LogP contribution >= 0.6 is 27.3 Å². The van der Waals surface area contributed by atoms with Gasteiger partial charge >= 0.3 is 0 Å². The van der Waals surface area contributed by atoms with Crippen LogP contribution in [0.3, 0.4) is 0 Å². The monoisotopic (exact) mass is 325 g/mol. The first-order chi connectivity index (χ1) is 8.81. The number of hydrogen-bond donors (Lipinski definition) is 1. The van der Waals surface area contributed by atoms with Gasteiger partial charge in [-0.2, -0.15) is 5.10 Å². The second-order valence-corrected chi connectivity index (χ2v) is 5.97. The zero-order valence-corrected chi connectivity index (χ0v) is 12.1. The Kier molecular flexibility index (Phi) is 3.47. The Morgan fingerprint density at radius 1 is 1.39 bits per heavy atom. The Hall–Kier alpha value is -1.14. The van der Waals surface area contributed by atoms with Gasteiger partial charge < -0.3 is 4.42 Å². The van der Waals surface area contributed by atoms with Crippen molar-refractivity contribution >= 4 is 38.6 Å². The highest BCUT2D eigenvalue weighted by atomic mass is 79.9. The van der Waals surface area contributed by atoms with Crippen LogP contribution < -0.4 is 5.43 Å². The second-order valence-electron chi connectivity index (χ2n) is 4.11. The molecule has 0 aromatic carbocycles. The van der Waals surface area contributed by atoms with Gasteiger partial charge in [0.05, 0.1) is 11.9 Å². The Labute approximate surface area is 117 Å². The largest absolute Gasteiger partial charge is 0.448 e. The predicted molar refractivity (Wildman–Crippen MR) is 76.4 cm³/mol. The summed E-state index contributed by atoms with van der Waals surface area (Å²) in [5.41, 5.74) is 4.20. The molecule has 1 aliphatic rings. The van der Waals surface area contributed by atoms with Gasteiger partial charge in [-0.3, -0.25) is 5.43 Å². The molecule has 0 radical (unpaired) electrons. The molecule has 0 unspecified atom stereocenters. The third-order valence-electron chi connectivity index (χ3n) is 2.79. The summed E-state index contributed by atoms with van der Waals surface area (Å²) in [6.07, 6.45) is 6.43. The summed E-state index contributed by atoms with van der Waals surface area (Å²) in [6, 6.07) is 3.69. The molecule has 94 valence electrons. The highest BCUT2D eigenvalue weighted by molar-refractivity contribution is 9.10. The molecule has 1 N–H and O–H groups in total. The van der Waals surface area contributed by atoms with Gasteiger partial charge in [0, 0.05) is 4.88 Å². The SMILES string of the molecule is Brc1ccc(/C=N\Nc2nc3c(s2)CCCC3)o1. The Bertz CT molecular complexity index is 552. The lowest BCUT2D eigenvalue weighted by molar-refractivity contribution is 0.534. The lowest BCUT2D eigenvalue weighted by Crippen LogP contribution is -1.99. The van der Waals surface area contributed by atoms with Crippen molar-refractivity contribution in [3.05, 3.63) is 33.1 Å². The van der Waals surface area contributed by atoms with Gasteiger partial charge in [0.25, 0.3) is 0 Å². The fourth-order valence-electron chi connectivity index (χ4n) is 1.95. The van der Waals surface area contributed by atoms with Crippen LogP contribution in [0.1, 0.15) is 29.2 Å². The molecule has 0 fully saturated rings. The molecule has 3 rings (SSSR count). The maximum Gasteiger partial charge on any atom is 0.203 e. The molecule has 0 aliphatic heterocycles. The van der Waals surface area contributed by atoms with Crippen LogP contribution in [0.15, 0.2) is 26.3 Å². The summed E-state index contributed by atoms with van der Waals surface area (Å²) in [5, 5.41) is 4.99. The highest BCUT2D eigenvalue weighted by Gasteiger charge is 2.14. The Morgan fingerprint density at radius 3 is 3.06 bits per heavy atom. The number of halogens is 1. The first kappa shape index (κ1) is 11.9. The summed E-state index contributed by atoms with van der Waals surface area (Å²) in [6.45, 7) is 0. The van der Waals surface area contributed by atoms with Crippen molar-refractivity contribution in [1.29, 1.82) is 0 Å². The molecule has 2 aromatic rings. The molecule has 1 aliphatic carbocycles. The Balaban J connectivity index is 1.66. The molecule has 2 aromatic heterocycles. The van der Waals surface area contributed by atoms with Crippen LogP contribution in [0.2, 0.25) is 0 Å². The summed E-state index contributed by atoms with van der Waals surface area (Å²) in [5.74, 6) is 0.704. The van der Waals surface area contributed by atoms with E-state index < -0.39 is 0 Å². The van der Waals surface area contributed by atoms with Crippen molar-refractivity contribution in [3.63, 3.8) is 0 Å². The Morgan fingerprint density at radius 2 is 2.28 bits per heavy atom. The normalized spacial score (nSPS) is 14.9. The zero-order chi connectivity index (χ0) is 12.4. The molecule has 0 atom stereocenters. The van der Waals surface area contributed by atoms with E-state index in [2.05, 4.69) is 31.4 Å². The number of anilines is 1. The van der Waals surface area contributed by atoms with E-state index in [9.17, 15) is 0 Å². The molecular weight excluding hydrogens is 314 g/mol. The van der Waals surface area contributed by atoms with Gasteiger partial charge in [0.2, 0.25) is 5.13 Å². The average Bonchev–Trinajstić information content (AvgIpc) is 2.95. The molecule has 2 heterocycles. The number of aryl methyl sites for hydroxylation is 2. The van der Waals surface area contributed by atoms with Gasteiger partial charge in [0.15, 0.2) is 4.67 Å². The number of nitrogens with one attached hydrogen (secondary N) is 1. The van der Waals surface area contributed by atoms with Crippen LogP contribution in [-0.4, -0.2) is 11.2 Å². The summed E-state index contributed by atoms with van der Waals surface area (Å²) < 4.78 is 6.02. The molecule has 0 spiro atoms. The first-order valence-electron chi connectivity index (χ1n) is 5.84. The average molecular weight is 326 g/mol. The van der Waals surface area contributed by atoms with Gasteiger partial charge in [-0.25, -0.2) is 4.98 Å². The van der Waals surface area contributed by atoms with Crippen molar-refractivity contribution in [1.82, 2.24) is 4.98 Å². The molecule has 18 heavy (non-hydrogen) atoms. The summed E-state index contributed by atoms with van der Waals surface area (Å²) in [4.78, 5) is 5.94. The lowest BCUT2D eigenvalue weighted by Gasteiger charge is -2.06. The lowest BCUT2D eigenvalue weighted by atomic mass is 10.0. The van der Waals surface area contributed by atoms with Crippen molar-refractivity contribution in [2.24, 2.45) is 5.10 Å². The minimum atomic E-state index is 0.702. The van der Waals surface area contributed by atoms with Crippen LogP contribution in [0.25, 0.3) is 0 Å².